The van der Waals surface area contributed by atoms with Gasteiger partial charge in [-0.05, 0) is 74.4 Å². The Bertz CT molecular complexity index is 978. The number of hydrogen-bond acceptors (Lipinski definition) is 2. The second-order valence-electron chi connectivity index (χ2n) is 8.89. The topological polar surface area (TPSA) is 49.4 Å². The number of carbonyl (C=O) groups is 2. The molecule has 28 heavy (non-hydrogen) atoms. The molecule has 5 rings (SSSR count). The molecule has 0 saturated carbocycles. The summed E-state index contributed by atoms with van der Waals surface area (Å²) in [5, 5.41) is 2.93. The van der Waals surface area contributed by atoms with E-state index in [-0.39, 0.29) is 17.9 Å². The number of amides is 2. The van der Waals surface area contributed by atoms with Crippen molar-refractivity contribution in [3.05, 3.63) is 64.7 Å². The van der Waals surface area contributed by atoms with Crippen molar-refractivity contribution in [3.63, 3.8) is 0 Å². The molecule has 2 aromatic rings. The Balaban J connectivity index is 1.47. The maximum atomic E-state index is 13.5. The number of aryl methyl sites for hydroxylation is 1. The van der Waals surface area contributed by atoms with Crippen LogP contribution in [0.15, 0.2) is 42.5 Å². The zero-order valence-electron chi connectivity index (χ0n) is 16.5. The fourth-order valence-electron chi connectivity index (χ4n) is 5.33. The number of rotatable bonds is 1. The van der Waals surface area contributed by atoms with Gasteiger partial charge in [-0.3, -0.25) is 9.59 Å². The SMILES string of the molecule is CC1(C)C(=O)Nc2ccc(C(=O)N3CCC[C@@H]4c5ccccc5CCC43)cc21. The van der Waals surface area contributed by atoms with E-state index >= 15 is 0 Å². The van der Waals surface area contributed by atoms with Gasteiger partial charge >= 0.3 is 0 Å². The molecule has 2 aliphatic heterocycles. The summed E-state index contributed by atoms with van der Waals surface area (Å²) in [7, 11) is 0. The van der Waals surface area contributed by atoms with Crippen molar-refractivity contribution >= 4 is 17.5 Å². The largest absolute Gasteiger partial charge is 0.335 e. The van der Waals surface area contributed by atoms with Crippen LogP contribution in [-0.4, -0.2) is 29.3 Å². The summed E-state index contributed by atoms with van der Waals surface area (Å²) < 4.78 is 0. The minimum Gasteiger partial charge on any atom is -0.335 e. The third-order valence-corrected chi connectivity index (χ3v) is 6.96. The Kier molecular flexibility index (Phi) is 3.87. The highest BCUT2D eigenvalue weighted by atomic mass is 16.2. The smallest absolute Gasteiger partial charge is 0.254 e. The summed E-state index contributed by atoms with van der Waals surface area (Å²) >= 11 is 0. The molecule has 2 heterocycles. The Morgan fingerprint density at radius 3 is 2.82 bits per heavy atom. The predicted molar refractivity (Wildman–Crippen MR) is 110 cm³/mol. The second-order valence-corrected chi connectivity index (χ2v) is 8.89. The quantitative estimate of drug-likeness (QED) is 0.811. The van der Waals surface area contributed by atoms with Crippen molar-refractivity contribution < 1.29 is 9.59 Å². The fraction of sp³-hybridized carbons (Fsp3) is 0.417. The van der Waals surface area contributed by atoms with Gasteiger partial charge in [0.2, 0.25) is 5.91 Å². The molecule has 4 nitrogen and oxygen atoms in total. The third-order valence-electron chi connectivity index (χ3n) is 6.96. The molecule has 0 spiro atoms. The number of likely N-dealkylation sites (tertiary alicyclic amines) is 1. The van der Waals surface area contributed by atoms with Gasteiger partial charge in [0, 0.05) is 29.8 Å². The first kappa shape index (κ1) is 17.5. The molecule has 1 fully saturated rings. The van der Waals surface area contributed by atoms with E-state index in [1.54, 1.807) is 0 Å². The monoisotopic (exact) mass is 374 g/mol. The average Bonchev–Trinajstić information content (AvgIpc) is 2.95. The van der Waals surface area contributed by atoms with Gasteiger partial charge < -0.3 is 10.2 Å². The fourth-order valence-corrected chi connectivity index (χ4v) is 5.33. The normalized spacial score (nSPS) is 24.8. The first-order valence-corrected chi connectivity index (χ1v) is 10.3. The Morgan fingerprint density at radius 1 is 1.14 bits per heavy atom. The van der Waals surface area contributed by atoms with Crippen LogP contribution in [0.1, 0.15) is 66.1 Å². The van der Waals surface area contributed by atoms with Gasteiger partial charge in [0.15, 0.2) is 0 Å². The Hall–Kier alpha value is -2.62. The van der Waals surface area contributed by atoms with Gasteiger partial charge in [-0.25, -0.2) is 0 Å². The van der Waals surface area contributed by atoms with Crippen molar-refractivity contribution in [1.29, 1.82) is 0 Å². The molecule has 2 amide bonds. The molecular weight excluding hydrogens is 348 g/mol. The summed E-state index contributed by atoms with van der Waals surface area (Å²) in [6.45, 7) is 4.65. The van der Waals surface area contributed by atoms with Crippen LogP contribution in [0.5, 0.6) is 0 Å². The number of piperidine rings is 1. The van der Waals surface area contributed by atoms with E-state index in [2.05, 4.69) is 34.5 Å². The van der Waals surface area contributed by atoms with Crippen LogP contribution in [0, 0.1) is 0 Å². The molecular formula is C24H26N2O2. The van der Waals surface area contributed by atoms with Gasteiger partial charge in [0.25, 0.3) is 5.91 Å². The zero-order chi connectivity index (χ0) is 19.5. The van der Waals surface area contributed by atoms with Gasteiger partial charge in [-0.15, -0.1) is 0 Å². The van der Waals surface area contributed by atoms with E-state index in [1.807, 2.05) is 32.0 Å². The molecule has 1 aliphatic carbocycles. The second kappa shape index (κ2) is 6.20. The molecule has 1 saturated heterocycles. The van der Waals surface area contributed by atoms with Crippen LogP contribution in [0.25, 0.3) is 0 Å². The molecule has 3 aliphatic rings. The summed E-state index contributed by atoms with van der Waals surface area (Å²) in [4.78, 5) is 27.8. The number of anilines is 1. The minimum absolute atomic E-state index is 0.00553. The van der Waals surface area contributed by atoms with Crippen molar-refractivity contribution in [2.75, 3.05) is 11.9 Å². The predicted octanol–water partition coefficient (Wildman–Crippen LogP) is 4.25. The highest BCUT2D eigenvalue weighted by Crippen LogP contribution is 2.42. The highest BCUT2D eigenvalue weighted by Gasteiger charge is 2.41. The van der Waals surface area contributed by atoms with E-state index in [4.69, 9.17) is 0 Å². The Labute approximate surface area is 165 Å². The first-order valence-electron chi connectivity index (χ1n) is 10.3. The lowest BCUT2D eigenvalue weighted by atomic mass is 9.74. The maximum Gasteiger partial charge on any atom is 0.254 e. The lowest BCUT2D eigenvalue weighted by Crippen LogP contribution is -2.49. The van der Waals surface area contributed by atoms with Crippen LogP contribution in [0.4, 0.5) is 5.69 Å². The zero-order valence-corrected chi connectivity index (χ0v) is 16.5. The summed E-state index contributed by atoms with van der Waals surface area (Å²) in [6.07, 6.45) is 4.26. The molecule has 2 atom stereocenters. The summed E-state index contributed by atoms with van der Waals surface area (Å²) in [6, 6.07) is 14.7. The number of fused-ring (bicyclic) bond motifs is 4. The summed E-state index contributed by atoms with van der Waals surface area (Å²) in [5.41, 5.74) is 4.73. The third kappa shape index (κ3) is 2.50. The number of benzene rings is 2. The Morgan fingerprint density at radius 2 is 1.96 bits per heavy atom. The van der Waals surface area contributed by atoms with Crippen molar-refractivity contribution in [2.45, 2.75) is 56.9 Å². The van der Waals surface area contributed by atoms with Crippen LogP contribution >= 0.6 is 0 Å². The molecule has 0 aromatic heterocycles. The van der Waals surface area contributed by atoms with Crippen LogP contribution in [0.3, 0.4) is 0 Å². The maximum absolute atomic E-state index is 13.5. The number of hydrogen-bond donors (Lipinski definition) is 1. The standard InChI is InChI=1S/C24H26N2O2/c1-24(2)19-14-16(9-11-20(19)25-23(24)28)22(27)26-13-5-8-18-17-7-4-3-6-15(17)10-12-21(18)26/h3-4,6-7,9,11,14,18,21H,5,8,10,12-13H2,1-2H3,(H,25,28)/t18-,21?/m1/s1. The lowest BCUT2D eigenvalue weighted by molar-refractivity contribution is -0.119. The summed E-state index contributed by atoms with van der Waals surface area (Å²) in [5.74, 6) is 0.540. The van der Waals surface area contributed by atoms with Crippen LogP contribution < -0.4 is 5.32 Å². The van der Waals surface area contributed by atoms with E-state index in [9.17, 15) is 9.59 Å². The van der Waals surface area contributed by atoms with Crippen molar-refractivity contribution in [1.82, 2.24) is 4.90 Å². The number of nitrogens with one attached hydrogen (secondary N) is 1. The number of carbonyl (C=O) groups excluding carboxylic acids is 2. The highest BCUT2D eigenvalue weighted by molar-refractivity contribution is 6.07. The molecule has 0 radical (unpaired) electrons. The molecule has 0 bridgehead atoms. The first-order chi connectivity index (χ1) is 13.5. The van der Waals surface area contributed by atoms with Gasteiger partial charge in [-0.1, -0.05) is 24.3 Å². The number of nitrogens with zero attached hydrogens (tertiary/aromatic N) is 1. The molecule has 1 N–H and O–H groups in total. The van der Waals surface area contributed by atoms with Crippen molar-refractivity contribution in [2.24, 2.45) is 0 Å². The molecule has 4 heteroatoms. The van der Waals surface area contributed by atoms with E-state index in [0.717, 1.165) is 43.5 Å². The van der Waals surface area contributed by atoms with E-state index in [1.165, 1.54) is 11.1 Å². The minimum atomic E-state index is -0.597. The van der Waals surface area contributed by atoms with Crippen LogP contribution in [0.2, 0.25) is 0 Å². The van der Waals surface area contributed by atoms with Crippen LogP contribution in [-0.2, 0) is 16.6 Å². The molecule has 144 valence electrons. The van der Waals surface area contributed by atoms with Gasteiger partial charge in [0.05, 0.1) is 5.41 Å². The molecule has 2 aromatic carbocycles. The van der Waals surface area contributed by atoms with E-state index in [0.29, 0.717) is 11.5 Å². The average molecular weight is 374 g/mol. The lowest BCUT2D eigenvalue weighted by Gasteiger charge is -2.45. The molecule has 1 unspecified atom stereocenters. The van der Waals surface area contributed by atoms with Gasteiger partial charge in [0.1, 0.15) is 0 Å². The van der Waals surface area contributed by atoms with E-state index < -0.39 is 5.41 Å². The van der Waals surface area contributed by atoms with Gasteiger partial charge in [-0.2, -0.15) is 0 Å². The van der Waals surface area contributed by atoms with Crippen molar-refractivity contribution in [3.8, 4) is 0 Å².